The molecule has 3 rings (SSSR count). The first-order valence-electron chi connectivity index (χ1n) is 6.60. The summed E-state index contributed by atoms with van der Waals surface area (Å²) in [6.07, 6.45) is 4.15. The van der Waals surface area contributed by atoms with Crippen LogP contribution >= 0.6 is 0 Å². The summed E-state index contributed by atoms with van der Waals surface area (Å²) >= 11 is 0. The molecule has 0 unspecified atom stereocenters. The van der Waals surface area contributed by atoms with Gasteiger partial charge in [-0.05, 0) is 17.7 Å². The van der Waals surface area contributed by atoms with E-state index in [1.54, 1.807) is 26.8 Å². The minimum atomic E-state index is 0.575. The van der Waals surface area contributed by atoms with Gasteiger partial charge < -0.3 is 14.5 Å². The molecule has 0 fully saturated rings. The number of aliphatic imine (C=N–C) groups is 2. The number of hydrogen-bond acceptors (Lipinski definition) is 5. The van der Waals surface area contributed by atoms with Gasteiger partial charge in [0.25, 0.3) is 0 Å². The summed E-state index contributed by atoms with van der Waals surface area (Å²) in [5.41, 5.74) is 2.99. The first-order chi connectivity index (χ1) is 10.3. The number of nitrogens with zero attached hydrogens (tertiary/aromatic N) is 3. The Morgan fingerprint density at radius 1 is 1.24 bits per heavy atom. The molecule has 2 aromatic rings. The van der Waals surface area contributed by atoms with E-state index >= 15 is 0 Å². The first-order valence-corrected chi connectivity index (χ1v) is 6.60. The lowest BCUT2D eigenvalue weighted by atomic mass is 10.1. The van der Waals surface area contributed by atoms with Crippen LogP contribution in [0.15, 0.2) is 34.5 Å². The van der Waals surface area contributed by atoms with Crippen molar-refractivity contribution >= 4 is 17.7 Å². The molecule has 0 spiro atoms. The molecule has 0 saturated carbocycles. The molecule has 0 bridgehead atoms. The van der Waals surface area contributed by atoms with Gasteiger partial charge in [0.15, 0.2) is 17.3 Å². The van der Waals surface area contributed by atoms with E-state index in [2.05, 4.69) is 20.0 Å². The van der Waals surface area contributed by atoms with Crippen LogP contribution in [0.4, 0.5) is 5.82 Å². The van der Waals surface area contributed by atoms with Crippen LogP contribution in [0.5, 0.6) is 11.5 Å². The lowest BCUT2D eigenvalue weighted by Crippen LogP contribution is -2.09. The molecule has 0 amide bonds. The molecule has 2 heterocycles. The minimum absolute atomic E-state index is 0.575. The molecule has 108 valence electrons. The molecule has 1 aromatic heterocycles. The largest absolute Gasteiger partial charge is 0.493 e. The van der Waals surface area contributed by atoms with Crippen molar-refractivity contribution < 1.29 is 9.47 Å². The number of fused-ring (bicyclic) bond motifs is 1. The fraction of sp³-hybridized carbons (Fsp3) is 0.267. The molecule has 6 nitrogen and oxygen atoms in total. The third-order valence-electron chi connectivity index (χ3n) is 3.30. The normalized spacial score (nSPS) is 15.0. The predicted octanol–water partition coefficient (Wildman–Crippen LogP) is 2.33. The zero-order valence-corrected chi connectivity index (χ0v) is 12.0. The van der Waals surface area contributed by atoms with Gasteiger partial charge >= 0.3 is 0 Å². The molecule has 1 aliphatic rings. The smallest absolute Gasteiger partial charge is 0.173 e. The summed E-state index contributed by atoms with van der Waals surface area (Å²) in [6, 6.07) is 5.80. The van der Waals surface area contributed by atoms with E-state index in [9.17, 15) is 0 Å². The molecule has 1 aliphatic heterocycles. The van der Waals surface area contributed by atoms with E-state index in [4.69, 9.17) is 9.47 Å². The fourth-order valence-corrected chi connectivity index (χ4v) is 2.19. The average Bonchev–Trinajstić information content (AvgIpc) is 3.00. The van der Waals surface area contributed by atoms with Gasteiger partial charge in [-0.2, -0.15) is 0 Å². The molecular weight excluding hydrogens is 268 g/mol. The van der Waals surface area contributed by atoms with Gasteiger partial charge in [-0.25, -0.2) is 9.98 Å². The number of aromatic nitrogens is 2. The van der Waals surface area contributed by atoms with Crippen molar-refractivity contribution in [1.82, 2.24) is 9.97 Å². The lowest BCUT2D eigenvalue weighted by Gasteiger charge is -2.09. The molecular formula is C15H16N4O2. The standard InChI is InChI=1S/C15H16N4O2/c1-20-13-4-3-10(5-14(13)21-2)7-16-11-6-12-15(17-8-11)19-9-18-12/h3-5,8-9H,6-7H2,1-2H3,(H,18,19). The number of H-pyrrole nitrogens is 1. The first kappa shape index (κ1) is 13.4. The van der Waals surface area contributed by atoms with Crippen molar-refractivity contribution in [2.75, 3.05) is 14.2 Å². The molecule has 1 aromatic carbocycles. The zero-order chi connectivity index (χ0) is 14.7. The van der Waals surface area contributed by atoms with Gasteiger partial charge in [-0.3, -0.25) is 4.99 Å². The van der Waals surface area contributed by atoms with Crippen LogP contribution in [-0.4, -0.2) is 36.1 Å². The van der Waals surface area contributed by atoms with Crippen LogP contribution in [0.2, 0.25) is 0 Å². The number of rotatable bonds is 4. The third kappa shape index (κ3) is 2.79. The van der Waals surface area contributed by atoms with E-state index in [1.165, 1.54) is 0 Å². The summed E-state index contributed by atoms with van der Waals surface area (Å²) in [5, 5.41) is 0. The molecule has 6 heteroatoms. The molecule has 0 atom stereocenters. The van der Waals surface area contributed by atoms with Gasteiger partial charge in [-0.1, -0.05) is 6.07 Å². The minimum Gasteiger partial charge on any atom is -0.493 e. The van der Waals surface area contributed by atoms with Gasteiger partial charge in [-0.15, -0.1) is 0 Å². The number of hydrogen-bond donors (Lipinski definition) is 1. The Labute approximate surface area is 122 Å². The van der Waals surface area contributed by atoms with Crippen LogP contribution in [0.3, 0.4) is 0 Å². The lowest BCUT2D eigenvalue weighted by molar-refractivity contribution is 0.354. The maximum atomic E-state index is 5.29. The van der Waals surface area contributed by atoms with Crippen LogP contribution in [0.25, 0.3) is 0 Å². The summed E-state index contributed by atoms with van der Waals surface area (Å²) in [7, 11) is 3.25. The van der Waals surface area contributed by atoms with E-state index in [0.717, 1.165) is 35.0 Å². The van der Waals surface area contributed by atoms with Crippen LogP contribution < -0.4 is 9.47 Å². The average molecular weight is 284 g/mol. The number of nitrogens with one attached hydrogen (secondary N) is 1. The molecule has 21 heavy (non-hydrogen) atoms. The SMILES string of the molecule is COc1ccc(CN=C2C=Nc3nc[nH]c3C2)cc1OC. The van der Waals surface area contributed by atoms with Crippen molar-refractivity contribution in [3.63, 3.8) is 0 Å². The maximum Gasteiger partial charge on any atom is 0.173 e. The van der Waals surface area contributed by atoms with E-state index in [1.807, 2.05) is 18.2 Å². The summed E-state index contributed by atoms with van der Waals surface area (Å²) < 4.78 is 10.5. The summed E-state index contributed by atoms with van der Waals surface area (Å²) in [6.45, 7) is 0.575. The second-order valence-corrected chi connectivity index (χ2v) is 4.64. The van der Waals surface area contributed by atoms with Gasteiger partial charge in [0.05, 0.1) is 44.7 Å². The number of methoxy groups -OCH3 is 2. The molecule has 1 N–H and O–H groups in total. The van der Waals surface area contributed by atoms with Crippen molar-refractivity contribution in [3.8, 4) is 11.5 Å². The summed E-state index contributed by atoms with van der Waals surface area (Å²) in [5.74, 6) is 2.18. The second kappa shape index (κ2) is 5.78. The van der Waals surface area contributed by atoms with Crippen LogP contribution in [0, 0.1) is 0 Å². The topological polar surface area (TPSA) is 71.9 Å². The monoisotopic (exact) mass is 284 g/mol. The Balaban J connectivity index is 1.74. The second-order valence-electron chi connectivity index (χ2n) is 4.64. The quantitative estimate of drug-likeness (QED) is 0.936. The number of aromatic amines is 1. The van der Waals surface area contributed by atoms with Gasteiger partial charge in [0, 0.05) is 6.42 Å². The third-order valence-corrected chi connectivity index (χ3v) is 3.30. The highest BCUT2D eigenvalue weighted by Crippen LogP contribution is 2.27. The van der Waals surface area contributed by atoms with Gasteiger partial charge in [0.2, 0.25) is 0 Å². The number of ether oxygens (including phenoxy) is 2. The number of imidazole rings is 1. The number of benzene rings is 1. The Kier molecular flexibility index (Phi) is 3.68. The Morgan fingerprint density at radius 2 is 2.10 bits per heavy atom. The highest BCUT2D eigenvalue weighted by Gasteiger charge is 2.12. The highest BCUT2D eigenvalue weighted by atomic mass is 16.5. The Morgan fingerprint density at radius 3 is 2.90 bits per heavy atom. The van der Waals surface area contributed by atoms with Crippen LogP contribution in [0.1, 0.15) is 11.3 Å². The van der Waals surface area contributed by atoms with Crippen molar-refractivity contribution in [2.24, 2.45) is 9.98 Å². The maximum absolute atomic E-state index is 5.29. The Bertz CT molecular complexity index is 703. The fourth-order valence-electron chi connectivity index (χ4n) is 2.19. The van der Waals surface area contributed by atoms with Gasteiger partial charge in [0.1, 0.15) is 0 Å². The molecule has 0 radical (unpaired) electrons. The molecule has 0 aliphatic carbocycles. The predicted molar refractivity (Wildman–Crippen MR) is 81.1 cm³/mol. The van der Waals surface area contributed by atoms with E-state index < -0.39 is 0 Å². The highest BCUT2D eigenvalue weighted by molar-refractivity contribution is 6.32. The zero-order valence-electron chi connectivity index (χ0n) is 12.0. The van der Waals surface area contributed by atoms with E-state index in [-0.39, 0.29) is 0 Å². The van der Waals surface area contributed by atoms with Crippen molar-refractivity contribution in [2.45, 2.75) is 13.0 Å². The summed E-state index contributed by atoms with van der Waals surface area (Å²) in [4.78, 5) is 16.0. The van der Waals surface area contributed by atoms with E-state index in [0.29, 0.717) is 12.3 Å². The molecule has 0 saturated heterocycles. The van der Waals surface area contributed by atoms with Crippen LogP contribution in [-0.2, 0) is 13.0 Å². The Hall–Kier alpha value is -2.63. The van der Waals surface area contributed by atoms with Crippen molar-refractivity contribution in [1.29, 1.82) is 0 Å². The van der Waals surface area contributed by atoms with Crippen molar-refractivity contribution in [3.05, 3.63) is 35.8 Å².